The van der Waals surface area contributed by atoms with Gasteiger partial charge in [-0.1, -0.05) is 18.5 Å². The highest BCUT2D eigenvalue weighted by Crippen LogP contribution is 2.14. The zero-order valence-electron chi connectivity index (χ0n) is 12.1. The first-order valence-electron chi connectivity index (χ1n) is 7.15. The summed E-state index contributed by atoms with van der Waals surface area (Å²) in [6, 6.07) is 6.91. The molecule has 2 N–H and O–H groups in total. The molecule has 2 amide bonds. The Morgan fingerprint density at radius 2 is 2.00 bits per heavy atom. The van der Waals surface area contributed by atoms with Crippen molar-refractivity contribution in [2.45, 2.75) is 13.3 Å². The third-order valence-corrected chi connectivity index (χ3v) is 3.65. The Labute approximate surface area is 129 Å². The second kappa shape index (κ2) is 7.43. The van der Waals surface area contributed by atoms with Gasteiger partial charge in [0.2, 0.25) is 11.8 Å². The van der Waals surface area contributed by atoms with Gasteiger partial charge in [-0.3, -0.25) is 9.59 Å². The zero-order valence-corrected chi connectivity index (χ0v) is 12.8. The van der Waals surface area contributed by atoms with Crippen LogP contribution >= 0.6 is 11.6 Å². The molecule has 0 unspecified atom stereocenters. The van der Waals surface area contributed by atoms with Gasteiger partial charge in [-0.2, -0.15) is 0 Å². The average molecular weight is 310 g/mol. The van der Waals surface area contributed by atoms with Crippen LogP contribution in [0.1, 0.15) is 13.3 Å². The molecule has 0 aromatic heterocycles. The molecule has 114 valence electrons. The average Bonchev–Trinajstić information content (AvgIpc) is 2.39. The van der Waals surface area contributed by atoms with E-state index in [9.17, 15) is 9.59 Å². The van der Waals surface area contributed by atoms with Gasteiger partial charge < -0.3 is 15.5 Å². The number of anilines is 1. The molecule has 0 bridgehead atoms. The molecule has 6 heteroatoms. The Morgan fingerprint density at radius 1 is 1.33 bits per heavy atom. The van der Waals surface area contributed by atoms with Crippen LogP contribution in [0.25, 0.3) is 0 Å². The number of halogens is 1. The van der Waals surface area contributed by atoms with E-state index in [1.807, 2.05) is 6.92 Å². The summed E-state index contributed by atoms with van der Waals surface area (Å²) in [5.41, 5.74) is 0.679. The highest BCUT2D eigenvalue weighted by molar-refractivity contribution is 6.30. The van der Waals surface area contributed by atoms with Crippen molar-refractivity contribution in [2.75, 3.05) is 31.5 Å². The third kappa shape index (κ3) is 4.44. The first-order valence-corrected chi connectivity index (χ1v) is 7.53. The highest BCUT2D eigenvalue weighted by atomic mass is 35.5. The van der Waals surface area contributed by atoms with Gasteiger partial charge in [0.05, 0.1) is 12.5 Å². The number of amides is 2. The van der Waals surface area contributed by atoms with E-state index in [1.54, 1.807) is 29.2 Å². The second-order valence-corrected chi connectivity index (χ2v) is 5.61. The number of benzene rings is 1. The fourth-order valence-corrected chi connectivity index (χ4v) is 2.29. The molecule has 1 saturated heterocycles. The van der Waals surface area contributed by atoms with E-state index in [1.165, 1.54) is 0 Å². The molecule has 1 aliphatic rings. The Morgan fingerprint density at radius 3 is 2.52 bits per heavy atom. The predicted octanol–water partition coefficient (Wildman–Crippen LogP) is 1.74. The Hall–Kier alpha value is -1.59. The fraction of sp³-hybridized carbons (Fsp3) is 0.467. The molecular formula is C15H20ClN3O2. The number of nitrogens with zero attached hydrogens (tertiary/aromatic N) is 1. The Balaban J connectivity index is 1.91. The molecule has 2 rings (SSSR count). The van der Waals surface area contributed by atoms with Crippen molar-refractivity contribution in [3.63, 3.8) is 0 Å². The summed E-state index contributed by atoms with van der Waals surface area (Å²) in [6.07, 6.45) is 0.833. The summed E-state index contributed by atoms with van der Waals surface area (Å²) in [7, 11) is 0. The number of hydrogen-bond acceptors (Lipinski definition) is 3. The fourth-order valence-electron chi connectivity index (χ4n) is 2.17. The van der Waals surface area contributed by atoms with Crippen molar-refractivity contribution in [3.8, 4) is 0 Å². The monoisotopic (exact) mass is 309 g/mol. The summed E-state index contributed by atoms with van der Waals surface area (Å²) >= 11 is 5.80. The van der Waals surface area contributed by atoms with Crippen molar-refractivity contribution in [1.82, 2.24) is 10.2 Å². The maximum Gasteiger partial charge on any atom is 0.243 e. The van der Waals surface area contributed by atoms with E-state index in [4.69, 9.17) is 11.6 Å². The van der Waals surface area contributed by atoms with Crippen LogP contribution in [-0.4, -0.2) is 42.9 Å². The molecule has 5 nitrogen and oxygen atoms in total. The summed E-state index contributed by atoms with van der Waals surface area (Å²) in [4.78, 5) is 25.9. The van der Waals surface area contributed by atoms with Gasteiger partial charge in [0.1, 0.15) is 0 Å². The summed E-state index contributed by atoms with van der Waals surface area (Å²) in [5.74, 6) is -0.117. The van der Waals surface area contributed by atoms with Gasteiger partial charge in [-0.15, -0.1) is 0 Å². The first kappa shape index (κ1) is 15.8. The van der Waals surface area contributed by atoms with Gasteiger partial charge in [0, 0.05) is 30.3 Å². The summed E-state index contributed by atoms with van der Waals surface area (Å²) in [5, 5.41) is 6.48. The number of hydrogen-bond donors (Lipinski definition) is 2. The molecule has 1 heterocycles. The molecule has 0 radical (unpaired) electrons. The second-order valence-electron chi connectivity index (χ2n) is 5.17. The maximum absolute atomic E-state index is 12.2. The molecule has 1 fully saturated rings. The van der Waals surface area contributed by atoms with Crippen LogP contribution in [-0.2, 0) is 9.59 Å². The van der Waals surface area contributed by atoms with Crippen molar-refractivity contribution in [1.29, 1.82) is 0 Å². The minimum absolute atomic E-state index is 0.0138. The van der Waals surface area contributed by atoms with E-state index in [0.717, 1.165) is 6.42 Å². The van der Waals surface area contributed by atoms with Crippen LogP contribution in [0, 0.1) is 5.92 Å². The van der Waals surface area contributed by atoms with E-state index >= 15 is 0 Å². The van der Waals surface area contributed by atoms with Crippen LogP contribution in [0.15, 0.2) is 24.3 Å². The lowest BCUT2D eigenvalue weighted by molar-refractivity contribution is -0.139. The van der Waals surface area contributed by atoms with Crippen molar-refractivity contribution in [2.24, 2.45) is 5.92 Å². The predicted molar refractivity (Wildman–Crippen MR) is 83.3 cm³/mol. The van der Waals surface area contributed by atoms with Crippen LogP contribution < -0.4 is 10.6 Å². The van der Waals surface area contributed by atoms with E-state index < -0.39 is 0 Å². The van der Waals surface area contributed by atoms with Crippen LogP contribution in [0.4, 0.5) is 5.69 Å². The summed E-state index contributed by atoms with van der Waals surface area (Å²) < 4.78 is 0. The third-order valence-electron chi connectivity index (χ3n) is 3.40. The quantitative estimate of drug-likeness (QED) is 0.841. The topological polar surface area (TPSA) is 61.4 Å². The van der Waals surface area contributed by atoms with Crippen LogP contribution in [0.3, 0.4) is 0 Å². The molecule has 0 aliphatic carbocycles. The van der Waals surface area contributed by atoms with Gasteiger partial charge in [-0.05, 0) is 30.7 Å². The number of nitrogens with one attached hydrogen (secondary N) is 2. The molecule has 1 aromatic carbocycles. The van der Waals surface area contributed by atoms with E-state index in [-0.39, 0.29) is 24.3 Å². The first-order chi connectivity index (χ1) is 10.1. The lowest BCUT2D eigenvalue weighted by Gasteiger charge is -2.32. The van der Waals surface area contributed by atoms with Gasteiger partial charge >= 0.3 is 0 Å². The zero-order chi connectivity index (χ0) is 15.2. The number of carbonyl (C=O) groups excluding carboxylic acids is 2. The van der Waals surface area contributed by atoms with Crippen molar-refractivity contribution in [3.05, 3.63) is 29.3 Å². The van der Waals surface area contributed by atoms with Crippen molar-refractivity contribution >= 4 is 29.1 Å². The van der Waals surface area contributed by atoms with Crippen LogP contribution in [0.5, 0.6) is 0 Å². The van der Waals surface area contributed by atoms with Gasteiger partial charge in [0.15, 0.2) is 0 Å². The normalized spacial score (nSPS) is 14.4. The van der Waals surface area contributed by atoms with Crippen LogP contribution in [0.2, 0.25) is 5.02 Å². The molecular weight excluding hydrogens is 290 g/mol. The number of carbonyl (C=O) groups is 2. The van der Waals surface area contributed by atoms with Gasteiger partial charge in [0.25, 0.3) is 0 Å². The summed E-state index contributed by atoms with van der Waals surface area (Å²) in [6.45, 7) is 4.10. The molecule has 21 heavy (non-hydrogen) atoms. The largest absolute Gasteiger partial charge is 0.333 e. The van der Waals surface area contributed by atoms with E-state index in [0.29, 0.717) is 30.3 Å². The molecule has 1 aliphatic heterocycles. The molecule has 0 saturated carbocycles. The lowest BCUT2D eigenvalue weighted by Crippen LogP contribution is -2.53. The highest BCUT2D eigenvalue weighted by Gasteiger charge is 2.29. The van der Waals surface area contributed by atoms with Crippen molar-refractivity contribution < 1.29 is 9.59 Å². The molecule has 0 atom stereocenters. The maximum atomic E-state index is 12.2. The molecule has 0 spiro atoms. The molecule has 1 aromatic rings. The lowest BCUT2D eigenvalue weighted by atomic mass is 10.0. The Kier molecular flexibility index (Phi) is 5.59. The Bertz CT molecular complexity index is 500. The minimum atomic E-state index is -0.189. The smallest absolute Gasteiger partial charge is 0.243 e. The van der Waals surface area contributed by atoms with E-state index in [2.05, 4.69) is 10.6 Å². The minimum Gasteiger partial charge on any atom is -0.333 e. The SMILES string of the molecule is CCCN(CC(=O)Nc1ccc(Cl)cc1)C(=O)C1CNC1. The standard InChI is InChI=1S/C15H20ClN3O2/c1-2-7-19(15(21)11-8-17-9-11)10-14(20)18-13-5-3-12(16)4-6-13/h3-6,11,17H,2,7-10H2,1H3,(H,18,20). The number of rotatable bonds is 6. The van der Waals surface area contributed by atoms with Gasteiger partial charge in [-0.25, -0.2) is 0 Å².